The summed E-state index contributed by atoms with van der Waals surface area (Å²) in [7, 11) is 1.59. The third-order valence-electron chi connectivity index (χ3n) is 2.46. The predicted molar refractivity (Wildman–Crippen MR) is 74.8 cm³/mol. The summed E-state index contributed by atoms with van der Waals surface area (Å²) in [5, 5.41) is 3.06. The van der Waals surface area contributed by atoms with Crippen LogP contribution >= 0.6 is 15.9 Å². The summed E-state index contributed by atoms with van der Waals surface area (Å²) in [4.78, 5) is 0. The smallest absolute Gasteiger partial charge is 0.125 e. The molecule has 0 atom stereocenters. The van der Waals surface area contributed by atoms with E-state index in [2.05, 4.69) is 21.2 Å². The van der Waals surface area contributed by atoms with Crippen LogP contribution in [0.4, 0.5) is 21.5 Å². The highest BCUT2D eigenvalue weighted by Gasteiger charge is 2.06. The van der Waals surface area contributed by atoms with Crippen molar-refractivity contribution in [3.05, 3.63) is 46.7 Å². The Kier molecular flexibility index (Phi) is 3.72. The maximum absolute atomic E-state index is 13.2. The molecule has 0 aliphatic heterocycles. The summed E-state index contributed by atoms with van der Waals surface area (Å²) in [6.45, 7) is 0. The molecule has 2 aromatic rings. The largest absolute Gasteiger partial charge is 0.497 e. The predicted octanol–water partition coefficient (Wildman–Crippen LogP) is 3.92. The van der Waals surface area contributed by atoms with Crippen LogP contribution in [0.2, 0.25) is 0 Å². The number of rotatable bonds is 3. The normalized spacial score (nSPS) is 10.2. The van der Waals surface area contributed by atoms with Gasteiger partial charge in [0.15, 0.2) is 0 Å². The van der Waals surface area contributed by atoms with E-state index in [1.165, 1.54) is 18.2 Å². The molecule has 0 amide bonds. The Labute approximate surface area is 113 Å². The molecule has 2 rings (SSSR count). The van der Waals surface area contributed by atoms with Gasteiger partial charge in [-0.05, 0) is 46.3 Å². The highest BCUT2D eigenvalue weighted by atomic mass is 79.9. The second-order valence-corrected chi connectivity index (χ2v) is 4.56. The van der Waals surface area contributed by atoms with Gasteiger partial charge in [0.25, 0.3) is 0 Å². The lowest BCUT2D eigenvalue weighted by Crippen LogP contribution is -1.98. The Morgan fingerprint density at radius 3 is 2.67 bits per heavy atom. The minimum atomic E-state index is -0.342. The summed E-state index contributed by atoms with van der Waals surface area (Å²) in [6, 6.07) is 9.66. The second-order valence-electron chi connectivity index (χ2n) is 3.70. The number of methoxy groups -OCH3 is 1. The Hall–Kier alpha value is -1.75. The first kappa shape index (κ1) is 12.7. The minimum Gasteiger partial charge on any atom is -0.497 e. The second kappa shape index (κ2) is 5.27. The van der Waals surface area contributed by atoms with Gasteiger partial charge in [-0.15, -0.1) is 0 Å². The third-order valence-corrected chi connectivity index (χ3v) is 3.15. The SMILES string of the molecule is COc1ccc(Br)c(Nc2cc(F)ccc2N)c1. The number of halogens is 2. The van der Waals surface area contributed by atoms with E-state index in [9.17, 15) is 4.39 Å². The van der Waals surface area contributed by atoms with Crippen molar-refractivity contribution in [2.24, 2.45) is 0 Å². The molecule has 0 aromatic heterocycles. The van der Waals surface area contributed by atoms with Gasteiger partial charge in [0.1, 0.15) is 11.6 Å². The van der Waals surface area contributed by atoms with E-state index in [0.29, 0.717) is 17.1 Å². The molecule has 0 fully saturated rings. The van der Waals surface area contributed by atoms with Crippen molar-refractivity contribution in [1.29, 1.82) is 0 Å². The lowest BCUT2D eigenvalue weighted by atomic mass is 10.2. The van der Waals surface area contributed by atoms with Crippen LogP contribution in [-0.2, 0) is 0 Å². The van der Waals surface area contributed by atoms with Gasteiger partial charge >= 0.3 is 0 Å². The quantitative estimate of drug-likeness (QED) is 0.845. The number of nitrogens with two attached hydrogens (primary N) is 1. The molecule has 0 bridgehead atoms. The number of nitrogen functional groups attached to an aromatic ring is 1. The molecule has 0 saturated carbocycles. The van der Waals surface area contributed by atoms with Gasteiger partial charge in [-0.1, -0.05) is 0 Å². The molecule has 0 aliphatic rings. The summed E-state index contributed by atoms with van der Waals surface area (Å²) >= 11 is 3.41. The summed E-state index contributed by atoms with van der Waals surface area (Å²) in [5.41, 5.74) is 7.53. The molecule has 3 nitrogen and oxygen atoms in total. The van der Waals surface area contributed by atoms with Crippen molar-refractivity contribution >= 4 is 33.0 Å². The monoisotopic (exact) mass is 310 g/mol. The van der Waals surface area contributed by atoms with Crippen molar-refractivity contribution in [3.8, 4) is 5.75 Å². The molecule has 0 saturated heterocycles. The van der Waals surface area contributed by atoms with E-state index in [1.54, 1.807) is 13.2 Å². The molecule has 0 heterocycles. The Bertz CT molecular complexity index is 575. The first-order chi connectivity index (χ1) is 8.60. The fraction of sp³-hybridized carbons (Fsp3) is 0.0769. The molecule has 3 N–H and O–H groups in total. The van der Waals surface area contributed by atoms with Crippen LogP contribution in [0.3, 0.4) is 0 Å². The van der Waals surface area contributed by atoms with Crippen molar-refractivity contribution in [3.63, 3.8) is 0 Å². The molecule has 0 unspecified atom stereocenters. The topological polar surface area (TPSA) is 47.3 Å². The first-order valence-electron chi connectivity index (χ1n) is 5.26. The fourth-order valence-electron chi connectivity index (χ4n) is 1.51. The molecule has 0 aliphatic carbocycles. The van der Waals surface area contributed by atoms with Gasteiger partial charge in [-0.25, -0.2) is 4.39 Å². The third kappa shape index (κ3) is 2.73. The van der Waals surface area contributed by atoms with Crippen LogP contribution in [0.25, 0.3) is 0 Å². The highest BCUT2D eigenvalue weighted by Crippen LogP contribution is 2.31. The first-order valence-corrected chi connectivity index (χ1v) is 6.05. The number of anilines is 3. The highest BCUT2D eigenvalue weighted by molar-refractivity contribution is 9.10. The van der Waals surface area contributed by atoms with Crippen LogP contribution in [0.1, 0.15) is 0 Å². The fourth-order valence-corrected chi connectivity index (χ4v) is 1.85. The zero-order valence-corrected chi connectivity index (χ0v) is 11.3. The van der Waals surface area contributed by atoms with Crippen LogP contribution in [0.15, 0.2) is 40.9 Å². The number of benzene rings is 2. The van der Waals surface area contributed by atoms with Gasteiger partial charge in [-0.2, -0.15) is 0 Å². The summed E-state index contributed by atoms with van der Waals surface area (Å²) in [6.07, 6.45) is 0. The summed E-state index contributed by atoms with van der Waals surface area (Å²) in [5.74, 6) is 0.362. The lowest BCUT2D eigenvalue weighted by Gasteiger charge is -2.12. The van der Waals surface area contributed by atoms with E-state index in [4.69, 9.17) is 10.5 Å². The Morgan fingerprint density at radius 2 is 1.94 bits per heavy atom. The number of hydrogen-bond acceptors (Lipinski definition) is 3. The van der Waals surface area contributed by atoms with Crippen LogP contribution in [-0.4, -0.2) is 7.11 Å². The standard InChI is InChI=1S/C13H12BrFN2O/c1-18-9-3-4-10(14)12(7-9)17-13-6-8(15)2-5-11(13)16/h2-7,17H,16H2,1H3. The van der Waals surface area contributed by atoms with Gasteiger partial charge in [-0.3, -0.25) is 0 Å². The van der Waals surface area contributed by atoms with E-state index in [1.807, 2.05) is 12.1 Å². The van der Waals surface area contributed by atoms with Crippen molar-refractivity contribution in [1.82, 2.24) is 0 Å². The molecule has 94 valence electrons. The number of ether oxygens (including phenoxy) is 1. The number of nitrogens with one attached hydrogen (secondary N) is 1. The van der Waals surface area contributed by atoms with Crippen molar-refractivity contribution in [2.45, 2.75) is 0 Å². The maximum atomic E-state index is 13.2. The maximum Gasteiger partial charge on any atom is 0.125 e. The average Bonchev–Trinajstić information content (AvgIpc) is 2.36. The van der Waals surface area contributed by atoms with Crippen LogP contribution in [0, 0.1) is 5.82 Å². The average molecular weight is 311 g/mol. The zero-order chi connectivity index (χ0) is 13.1. The van der Waals surface area contributed by atoms with Gasteiger partial charge in [0.2, 0.25) is 0 Å². The molecule has 0 spiro atoms. The lowest BCUT2D eigenvalue weighted by molar-refractivity contribution is 0.415. The summed E-state index contributed by atoms with van der Waals surface area (Å²) < 4.78 is 19.1. The van der Waals surface area contributed by atoms with Crippen molar-refractivity contribution < 1.29 is 9.13 Å². The molecular weight excluding hydrogens is 299 g/mol. The van der Waals surface area contributed by atoms with Crippen LogP contribution < -0.4 is 15.8 Å². The Balaban J connectivity index is 2.36. The molecule has 0 radical (unpaired) electrons. The van der Waals surface area contributed by atoms with Gasteiger partial charge < -0.3 is 15.8 Å². The number of hydrogen-bond donors (Lipinski definition) is 2. The van der Waals surface area contributed by atoms with Crippen molar-refractivity contribution in [2.75, 3.05) is 18.2 Å². The van der Waals surface area contributed by atoms with E-state index < -0.39 is 0 Å². The minimum absolute atomic E-state index is 0.342. The Morgan fingerprint density at radius 1 is 1.17 bits per heavy atom. The van der Waals surface area contributed by atoms with E-state index in [0.717, 1.165) is 10.2 Å². The van der Waals surface area contributed by atoms with Gasteiger partial charge in [0.05, 0.1) is 24.2 Å². The van der Waals surface area contributed by atoms with E-state index >= 15 is 0 Å². The molecule has 2 aromatic carbocycles. The van der Waals surface area contributed by atoms with Crippen LogP contribution in [0.5, 0.6) is 5.75 Å². The van der Waals surface area contributed by atoms with Gasteiger partial charge in [0, 0.05) is 10.5 Å². The van der Waals surface area contributed by atoms with E-state index in [-0.39, 0.29) is 5.82 Å². The molecule has 18 heavy (non-hydrogen) atoms. The molecular formula is C13H12BrFN2O. The zero-order valence-electron chi connectivity index (χ0n) is 9.71. The molecule has 5 heteroatoms.